The number of aromatic nitrogens is 2. The maximum atomic E-state index is 11.6. The lowest BCUT2D eigenvalue weighted by Crippen LogP contribution is -2.37. The predicted molar refractivity (Wildman–Crippen MR) is 80.8 cm³/mol. The summed E-state index contributed by atoms with van der Waals surface area (Å²) in [6.45, 7) is 6.94. The summed E-state index contributed by atoms with van der Waals surface area (Å²) in [5.41, 5.74) is 0. The van der Waals surface area contributed by atoms with Crippen LogP contribution in [0.1, 0.15) is 13.3 Å². The summed E-state index contributed by atoms with van der Waals surface area (Å²) in [7, 11) is -2.91. The van der Waals surface area contributed by atoms with Crippen LogP contribution in [0.3, 0.4) is 0 Å². The Morgan fingerprint density at radius 3 is 3.00 bits per heavy atom. The fourth-order valence-electron chi connectivity index (χ4n) is 2.35. The number of rotatable bonds is 6. The Balaban J connectivity index is 2.17. The third kappa shape index (κ3) is 3.47. The number of nitrogens with zero attached hydrogens (tertiary/aromatic N) is 3. The molecule has 20 heavy (non-hydrogen) atoms. The van der Waals surface area contributed by atoms with Crippen LogP contribution in [-0.2, 0) is 9.84 Å². The van der Waals surface area contributed by atoms with Gasteiger partial charge in [-0.25, -0.2) is 13.4 Å². The van der Waals surface area contributed by atoms with Gasteiger partial charge >= 0.3 is 0 Å². The fraction of sp³-hybridized carbons (Fsp3) is 0.538. The van der Waals surface area contributed by atoms with Crippen LogP contribution in [0.15, 0.2) is 24.9 Å². The van der Waals surface area contributed by atoms with Crippen LogP contribution < -0.4 is 10.2 Å². The molecular weight excluding hydrogens is 276 g/mol. The van der Waals surface area contributed by atoms with Gasteiger partial charge in [-0.2, -0.15) is 4.98 Å². The highest BCUT2D eigenvalue weighted by atomic mass is 32.2. The molecule has 0 aliphatic carbocycles. The van der Waals surface area contributed by atoms with Crippen molar-refractivity contribution < 1.29 is 8.42 Å². The normalized spacial score (nSPS) is 20.6. The van der Waals surface area contributed by atoms with Crippen molar-refractivity contribution in [3.63, 3.8) is 0 Å². The summed E-state index contributed by atoms with van der Waals surface area (Å²) < 4.78 is 23.2. The van der Waals surface area contributed by atoms with Crippen molar-refractivity contribution >= 4 is 21.6 Å². The molecule has 0 radical (unpaired) electrons. The molecule has 0 spiro atoms. The van der Waals surface area contributed by atoms with Crippen molar-refractivity contribution in [2.45, 2.75) is 19.4 Å². The Bertz CT molecular complexity index is 573. The summed E-state index contributed by atoms with van der Waals surface area (Å²) in [5, 5.41) is 3.11. The first-order chi connectivity index (χ1) is 9.55. The van der Waals surface area contributed by atoms with Crippen LogP contribution in [0.5, 0.6) is 0 Å². The largest absolute Gasteiger partial charge is 0.366 e. The van der Waals surface area contributed by atoms with Gasteiger partial charge in [0.1, 0.15) is 5.82 Å². The maximum Gasteiger partial charge on any atom is 0.227 e. The zero-order chi connectivity index (χ0) is 14.6. The minimum absolute atomic E-state index is 0.0281. The Morgan fingerprint density at radius 2 is 2.40 bits per heavy atom. The van der Waals surface area contributed by atoms with Gasteiger partial charge in [0.05, 0.1) is 11.5 Å². The molecule has 1 aliphatic heterocycles. The van der Waals surface area contributed by atoms with E-state index in [0.29, 0.717) is 31.3 Å². The van der Waals surface area contributed by atoms with Crippen molar-refractivity contribution in [2.24, 2.45) is 0 Å². The Hall–Kier alpha value is -1.63. The van der Waals surface area contributed by atoms with Crippen molar-refractivity contribution in [3.8, 4) is 0 Å². The van der Waals surface area contributed by atoms with E-state index in [1.165, 1.54) is 0 Å². The highest BCUT2D eigenvalue weighted by Crippen LogP contribution is 2.22. The minimum Gasteiger partial charge on any atom is -0.366 e. The molecule has 2 rings (SSSR count). The van der Waals surface area contributed by atoms with Gasteiger partial charge in [0, 0.05) is 25.3 Å². The van der Waals surface area contributed by atoms with E-state index in [1.807, 2.05) is 11.8 Å². The predicted octanol–water partition coefficient (Wildman–Crippen LogP) is 1.09. The molecule has 6 nitrogen and oxygen atoms in total. The lowest BCUT2D eigenvalue weighted by Gasteiger charge is -2.26. The summed E-state index contributed by atoms with van der Waals surface area (Å²) in [5.74, 6) is 1.73. The SMILES string of the molecule is C=CCNc1ccnc(N(CC)C2CCS(=O)(=O)C2)n1. The number of nitrogens with one attached hydrogen (secondary N) is 1. The van der Waals surface area contributed by atoms with E-state index >= 15 is 0 Å². The second-order valence-corrected chi connectivity index (χ2v) is 6.98. The average molecular weight is 296 g/mol. The molecule has 1 saturated heterocycles. The topological polar surface area (TPSA) is 75.2 Å². The van der Waals surface area contributed by atoms with E-state index in [4.69, 9.17) is 0 Å². The zero-order valence-corrected chi connectivity index (χ0v) is 12.4. The number of hydrogen-bond donors (Lipinski definition) is 1. The first-order valence-electron chi connectivity index (χ1n) is 6.70. The summed E-state index contributed by atoms with van der Waals surface area (Å²) >= 11 is 0. The second kappa shape index (κ2) is 6.21. The first-order valence-corrected chi connectivity index (χ1v) is 8.52. The van der Waals surface area contributed by atoms with Gasteiger partial charge in [0.25, 0.3) is 0 Å². The summed E-state index contributed by atoms with van der Waals surface area (Å²) in [6.07, 6.45) is 4.08. The Labute approximate surface area is 119 Å². The van der Waals surface area contributed by atoms with Crippen LogP contribution in [0.2, 0.25) is 0 Å². The molecule has 2 heterocycles. The molecule has 7 heteroatoms. The lowest BCUT2D eigenvalue weighted by atomic mass is 10.2. The molecule has 0 bridgehead atoms. The van der Waals surface area contributed by atoms with Crippen LogP contribution in [0.4, 0.5) is 11.8 Å². The highest BCUT2D eigenvalue weighted by molar-refractivity contribution is 7.91. The molecular formula is C13H20N4O2S. The van der Waals surface area contributed by atoms with Gasteiger partial charge in [0.2, 0.25) is 5.95 Å². The summed E-state index contributed by atoms with van der Waals surface area (Å²) in [4.78, 5) is 10.7. The fourth-order valence-corrected chi connectivity index (χ4v) is 4.08. The molecule has 1 unspecified atom stereocenters. The van der Waals surface area contributed by atoms with Gasteiger partial charge in [-0.1, -0.05) is 6.08 Å². The minimum atomic E-state index is -2.91. The van der Waals surface area contributed by atoms with E-state index in [-0.39, 0.29) is 17.5 Å². The van der Waals surface area contributed by atoms with Crippen LogP contribution in [-0.4, -0.2) is 49.0 Å². The van der Waals surface area contributed by atoms with Gasteiger partial charge in [-0.15, -0.1) is 6.58 Å². The quantitative estimate of drug-likeness (QED) is 0.792. The smallest absolute Gasteiger partial charge is 0.227 e. The molecule has 1 N–H and O–H groups in total. The second-order valence-electron chi connectivity index (χ2n) is 4.75. The molecule has 0 amide bonds. The Kier molecular flexibility index (Phi) is 4.59. The highest BCUT2D eigenvalue weighted by Gasteiger charge is 2.32. The number of sulfone groups is 1. The van der Waals surface area contributed by atoms with E-state index in [1.54, 1.807) is 18.3 Å². The van der Waals surface area contributed by atoms with Crippen molar-refractivity contribution in [2.75, 3.05) is 34.8 Å². The molecule has 0 aromatic carbocycles. The molecule has 110 valence electrons. The molecule has 1 aliphatic rings. The molecule has 1 aromatic heterocycles. The monoisotopic (exact) mass is 296 g/mol. The summed E-state index contributed by atoms with van der Waals surface area (Å²) in [6, 6.07) is 1.76. The van der Waals surface area contributed by atoms with Crippen molar-refractivity contribution in [3.05, 3.63) is 24.9 Å². The van der Waals surface area contributed by atoms with Crippen LogP contribution in [0, 0.1) is 0 Å². The maximum absolute atomic E-state index is 11.6. The van der Waals surface area contributed by atoms with Gasteiger partial charge in [-0.3, -0.25) is 0 Å². The van der Waals surface area contributed by atoms with E-state index in [0.717, 1.165) is 0 Å². The standard InChI is InChI=1S/C13H20N4O2S/c1-3-7-14-12-5-8-15-13(16-12)17(4-2)11-6-9-20(18,19)10-11/h3,5,8,11H,1,4,6-7,9-10H2,2H3,(H,14,15,16). The number of hydrogen-bond acceptors (Lipinski definition) is 6. The van der Waals surface area contributed by atoms with E-state index in [2.05, 4.69) is 21.9 Å². The van der Waals surface area contributed by atoms with Crippen LogP contribution >= 0.6 is 0 Å². The number of anilines is 2. The van der Waals surface area contributed by atoms with Gasteiger partial charge in [-0.05, 0) is 19.4 Å². The Morgan fingerprint density at radius 1 is 1.60 bits per heavy atom. The third-order valence-corrected chi connectivity index (χ3v) is 5.07. The molecule has 1 fully saturated rings. The third-order valence-electron chi connectivity index (χ3n) is 3.32. The van der Waals surface area contributed by atoms with Crippen molar-refractivity contribution in [1.29, 1.82) is 0 Å². The molecule has 0 saturated carbocycles. The first kappa shape index (κ1) is 14.8. The molecule has 1 aromatic rings. The van der Waals surface area contributed by atoms with Crippen molar-refractivity contribution in [1.82, 2.24) is 9.97 Å². The van der Waals surface area contributed by atoms with E-state index < -0.39 is 9.84 Å². The van der Waals surface area contributed by atoms with Gasteiger partial charge in [0.15, 0.2) is 9.84 Å². The molecule has 1 atom stereocenters. The lowest BCUT2D eigenvalue weighted by molar-refractivity contribution is 0.599. The van der Waals surface area contributed by atoms with E-state index in [9.17, 15) is 8.42 Å². The zero-order valence-electron chi connectivity index (χ0n) is 11.6. The van der Waals surface area contributed by atoms with Crippen LogP contribution in [0.25, 0.3) is 0 Å². The average Bonchev–Trinajstić information content (AvgIpc) is 2.78. The van der Waals surface area contributed by atoms with Gasteiger partial charge < -0.3 is 10.2 Å².